The number of hydrogen-bond acceptors (Lipinski definition) is 6. The second-order valence-electron chi connectivity index (χ2n) is 6.29. The molecule has 11 nitrogen and oxygen atoms in total. The molecule has 0 aliphatic heterocycles. The van der Waals surface area contributed by atoms with Gasteiger partial charge in [0.25, 0.3) is 27.4 Å². The summed E-state index contributed by atoms with van der Waals surface area (Å²) in [5.41, 5.74) is 0.863. The fourth-order valence-electron chi connectivity index (χ4n) is 2.57. The molecule has 0 bridgehead atoms. The monoisotopic (exact) mass is 443 g/mol. The van der Waals surface area contributed by atoms with E-state index < -0.39 is 38.0 Å². The zero-order valence-electron chi connectivity index (χ0n) is 16.1. The van der Waals surface area contributed by atoms with Crippen molar-refractivity contribution in [1.29, 1.82) is 0 Å². The minimum atomic E-state index is -4.67. The van der Waals surface area contributed by atoms with E-state index in [2.05, 4.69) is 5.43 Å². The first-order valence-corrected chi connectivity index (χ1v) is 10.3. The van der Waals surface area contributed by atoms with E-state index in [-0.39, 0.29) is 11.1 Å². The summed E-state index contributed by atoms with van der Waals surface area (Å²) in [6, 6.07) is 14.1. The Bertz CT molecular complexity index is 1350. The summed E-state index contributed by atoms with van der Waals surface area (Å²) in [5.74, 6) is -1.67. The number of benzene rings is 2. The van der Waals surface area contributed by atoms with E-state index in [4.69, 9.17) is 0 Å². The van der Waals surface area contributed by atoms with Crippen LogP contribution < -0.4 is 21.5 Å². The molecule has 4 N–H and O–H groups in total. The summed E-state index contributed by atoms with van der Waals surface area (Å²) in [6.45, 7) is 1.63. The molecule has 0 atom stereocenters. The van der Waals surface area contributed by atoms with Gasteiger partial charge in [0.15, 0.2) is 4.90 Å². The van der Waals surface area contributed by atoms with Crippen LogP contribution in [0.5, 0.6) is 0 Å². The highest BCUT2D eigenvalue weighted by Gasteiger charge is 2.28. The topological polar surface area (TPSA) is 161 Å². The SMILES string of the molecule is Cc1ccccc1C(=O)N(NC(=O)c1ccccc1)NS(=O)(=O)c1c[nH]c(=O)[nH]c1=O. The number of nitrogens with one attached hydrogen (secondary N) is 4. The average molecular weight is 443 g/mol. The van der Waals surface area contributed by atoms with Crippen molar-refractivity contribution >= 4 is 21.8 Å². The second kappa shape index (κ2) is 8.77. The van der Waals surface area contributed by atoms with Crippen LogP contribution in [0.25, 0.3) is 0 Å². The summed E-state index contributed by atoms with van der Waals surface area (Å²) in [7, 11) is -4.67. The molecule has 0 fully saturated rings. The molecule has 0 aliphatic carbocycles. The Labute approximate surface area is 175 Å². The quantitative estimate of drug-likeness (QED) is 0.408. The van der Waals surface area contributed by atoms with E-state index in [0.717, 1.165) is 0 Å². The standard InChI is InChI=1S/C19H17N5O6S/c1-12-7-5-6-10-14(12)18(27)24(22-16(25)13-8-3-2-4-9-13)23-31(29,30)15-11-20-19(28)21-17(15)26/h2-11,23H,1H3,(H,22,25)(H2,20,21,26,28). The zero-order chi connectivity index (χ0) is 22.6. The molecule has 31 heavy (non-hydrogen) atoms. The van der Waals surface area contributed by atoms with Gasteiger partial charge in [0.2, 0.25) is 0 Å². The first kappa shape index (κ1) is 21.7. The van der Waals surface area contributed by atoms with Gasteiger partial charge in [-0.2, -0.15) is 5.12 Å². The van der Waals surface area contributed by atoms with E-state index in [1.807, 2.05) is 9.82 Å². The van der Waals surface area contributed by atoms with Crippen LogP contribution in [0, 0.1) is 6.92 Å². The molecule has 160 valence electrons. The van der Waals surface area contributed by atoms with Crippen molar-refractivity contribution in [2.45, 2.75) is 11.8 Å². The molecule has 0 saturated carbocycles. The number of sulfonamides is 1. The number of rotatable bonds is 5. The minimum absolute atomic E-state index is 0.105. The number of amides is 2. The highest BCUT2D eigenvalue weighted by molar-refractivity contribution is 7.89. The third-order valence-corrected chi connectivity index (χ3v) is 5.42. The van der Waals surface area contributed by atoms with Crippen molar-refractivity contribution in [3.05, 3.63) is 98.3 Å². The lowest BCUT2D eigenvalue weighted by atomic mass is 10.1. The predicted octanol–water partition coefficient (Wildman–Crippen LogP) is 0.0523. The number of hydrazine groups is 2. The predicted molar refractivity (Wildman–Crippen MR) is 109 cm³/mol. The van der Waals surface area contributed by atoms with Gasteiger partial charge in [0.1, 0.15) is 0 Å². The Hall–Kier alpha value is -4.03. The lowest BCUT2D eigenvalue weighted by molar-refractivity contribution is 0.0532. The van der Waals surface area contributed by atoms with Crippen LogP contribution in [0.3, 0.4) is 0 Å². The van der Waals surface area contributed by atoms with Crippen LogP contribution in [0.15, 0.2) is 75.3 Å². The number of nitrogens with zero attached hydrogens (tertiary/aromatic N) is 1. The van der Waals surface area contributed by atoms with Gasteiger partial charge in [-0.05, 0) is 30.7 Å². The van der Waals surface area contributed by atoms with Gasteiger partial charge in [0.05, 0.1) is 0 Å². The molecule has 2 amide bonds. The molecule has 0 aliphatic rings. The largest absolute Gasteiger partial charge is 0.325 e. The van der Waals surface area contributed by atoms with E-state index >= 15 is 0 Å². The van der Waals surface area contributed by atoms with Crippen LogP contribution in [-0.2, 0) is 10.0 Å². The van der Waals surface area contributed by atoms with E-state index in [0.29, 0.717) is 16.9 Å². The normalized spacial score (nSPS) is 11.0. The molecular weight excluding hydrogens is 426 g/mol. The van der Waals surface area contributed by atoms with Crippen LogP contribution >= 0.6 is 0 Å². The minimum Gasteiger partial charge on any atom is -0.313 e. The Morgan fingerprint density at radius 3 is 2.26 bits per heavy atom. The molecule has 3 rings (SSSR count). The molecule has 1 aromatic heterocycles. The van der Waals surface area contributed by atoms with Gasteiger partial charge in [-0.1, -0.05) is 41.2 Å². The van der Waals surface area contributed by atoms with Crippen molar-refractivity contribution in [3.8, 4) is 0 Å². The highest BCUT2D eigenvalue weighted by Crippen LogP contribution is 2.11. The summed E-state index contributed by atoms with van der Waals surface area (Å²) in [6.07, 6.45) is 0.680. The van der Waals surface area contributed by atoms with Crippen molar-refractivity contribution in [2.24, 2.45) is 0 Å². The van der Waals surface area contributed by atoms with Crippen LogP contribution in [0.1, 0.15) is 26.3 Å². The van der Waals surface area contributed by atoms with Gasteiger partial charge in [-0.25, -0.2) is 18.6 Å². The highest BCUT2D eigenvalue weighted by atomic mass is 32.2. The molecule has 0 radical (unpaired) electrons. The Balaban J connectivity index is 1.99. The molecule has 2 aromatic carbocycles. The maximum absolute atomic E-state index is 13.0. The van der Waals surface area contributed by atoms with Gasteiger partial charge in [0, 0.05) is 17.3 Å². The van der Waals surface area contributed by atoms with E-state index in [1.54, 1.807) is 48.3 Å². The lowest BCUT2D eigenvalue weighted by Crippen LogP contribution is -2.56. The summed E-state index contributed by atoms with van der Waals surface area (Å²) < 4.78 is 25.4. The smallest absolute Gasteiger partial charge is 0.313 e. The molecule has 1 heterocycles. The third kappa shape index (κ3) is 4.94. The summed E-state index contributed by atoms with van der Waals surface area (Å²) in [4.78, 5) is 53.5. The third-order valence-electron chi connectivity index (χ3n) is 4.11. The number of H-pyrrole nitrogens is 2. The zero-order valence-corrected chi connectivity index (χ0v) is 16.9. The fourth-order valence-corrected chi connectivity index (χ4v) is 3.55. The maximum Gasteiger partial charge on any atom is 0.325 e. The van der Waals surface area contributed by atoms with Gasteiger partial charge in [-0.3, -0.25) is 19.4 Å². The number of aryl methyl sites for hydroxylation is 1. The molecule has 0 saturated heterocycles. The molecular formula is C19H17N5O6S. The van der Waals surface area contributed by atoms with Gasteiger partial charge >= 0.3 is 5.69 Å². The molecule has 0 spiro atoms. The van der Waals surface area contributed by atoms with Gasteiger partial charge in [-0.15, -0.1) is 0 Å². The summed E-state index contributed by atoms with van der Waals surface area (Å²) >= 11 is 0. The lowest BCUT2D eigenvalue weighted by Gasteiger charge is -2.24. The number of carbonyl (C=O) groups excluding carboxylic acids is 2. The van der Waals surface area contributed by atoms with Crippen molar-refractivity contribution < 1.29 is 18.0 Å². The Morgan fingerprint density at radius 1 is 0.968 bits per heavy atom. The van der Waals surface area contributed by atoms with E-state index in [9.17, 15) is 27.6 Å². The van der Waals surface area contributed by atoms with E-state index in [1.165, 1.54) is 18.2 Å². The molecule has 0 unspecified atom stereocenters. The maximum atomic E-state index is 13.0. The first-order chi connectivity index (χ1) is 14.7. The molecule has 12 heteroatoms. The average Bonchev–Trinajstić information content (AvgIpc) is 2.73. The van der Waals surface area contributed by atoms with Crippen LogP contribution in [0.4, 0.5) is 0 Å². The number of aromatic amines is 2. The number of carbonyl (C=O) groups is 2. The first-order valence-electron chi connectivity index (χ1n) is 8.79. The van der Waals surface area contributed by atoms with Crippen molar-refractivity contribution in [3.63, 3.8) is 0 Å². The van der Waals surface area contributed by atoms with Crippen LogP contribution in [-0.4, -0.2) is 35.3 Å². The second-order valence-corrected chi connectivity index (χ2v) is 7.92. The number of aromatic nitrogens is 2. The fraction of sp³-hybridized carbons (Fsp3) is 0.0526. The van der Waals surface area contributed by atoms with Gasteiger partial charge < -0.3 is 4.98 Å². The van der Waals surface area contributed by atoms with Crippen LogP contribution in [0.2, 0.25) is 0 Å². The van der Waals surface area contributed by atoms with Crippen molar-refractivity contribution in [1.82, 2.24) is 25.3 Å². The van der Waals surface area contributed by atoms with Crippen molar-refractivity contribution in [2.75, 3.05) is 0 Å². The number of hydrogen-bond donors (Lipinski definition) is 4. The molecule has 3 aromatic rings. The Kier molecular flexibility index (Phi) is 6.13. The Morgan fingerprint density at radius 2 is 1.61 bits per heavy atom. The summed E-state index contributed by atoms with van der Waals surface area (Å²) in [5, 5.41) is 0.373.